The Morgan fingerprint density at radius 1 is 1.27 bits per heavy atom. The summed E-state index contributed by atoms with van der Waals surface area (Å²) in [5.41, 5.74) is 9.20. The summed E-state index contributed by atoms with van der Waals surface area (Å²) < 4.78 is 1.91. The van der Waals surface area contributed by atoms with Crippen LogP contribution in [-0.2, 0) is 13.5 Å². The normalized spacial score (nSPS) is 10.5. The second-order valence-electron chi connectivity index (χ2n) is 3.72. The van der Waals surface area contributed by atoms with Gasteiger partial charge in [0.15, 0.2) is 5.95 Å². The topological polar surface area (TPSA) is 43.8 Å². The highest BCUT2D eigenvalue weighted by Crippen LogP contribution is 2.14. The molecule has 1 aromatic heterocycles. The van der Waals surface area contributed by atoms with Crippen molar-refractivity contribution in [3.63, 3.8) is 0 Å². The van der Waals surface area contributed by atoms with E-state index in [0.29, 0.717) is 5.95 Å². The summed E-state index contributed by atoms with van der Waals surface area (Å²) in [5, 5.41) is 0. The van der Waals surface area contributed by atoms with E-state index in [1.165, 1.54) is 5.56 Å². The second kappa shape index (κ2) is 3.77. The van der Waals surface area contributed by atoms with E-state index < -0.39 is 0 Å². The fourth-order valence-corrected chi connectivity index (χ4v) is 1.62. The first-order chi connectivity index (χ1) is 7.18. The number of hydrogen-bond acceptors (Lipinski definition) is 2. The van der Waals surface area contributed by atoms with Gasteiger partial charge in [0.05, 0.1) is 5.69 Å². The van der Waals surface area contributed by atoms with Gasteiger partial charge in [-0.25, -0.2) is 4.98 Å². The summed E-state index contributed by atoms with van der Waals surface area (Å²) >= 11 is 0. The molecule has 2 aromatic rings. The highest BCUT2D eigenvalue weighted by Gasteiger charge is 2.08. The second-order valence-corrected chi connectivity index (χ2v) is 3.72. The van der Waals surface area contributed by atoms with Crippen LogP contribution in [0, 0.1) is 6.92 Å². The molecular weight excluding hydrogens is 186 g/mol. The van der Waals surface area contributed by atoms with Crippen molar-refractivity contribution in [2.75, 3.05) is 5.73 Å². The fourth-order valence-electron chi connectivity index (χ4n) is 1.62. The lowest BCUT2D eigenvalue weighted by Crippen LogP contribution is -1.98. The number of aromatic nitrogens is 2. The van der Waals surface area contributed by atoms with Crippen LogP contribution in [0.5, 0.6) is 0 Å². The van der Waals surface area contributed by atoms with Crippen molar-refractivity contribution in [1.29, 1.82) is 0 Å². The number of imidazole rings is 1. The zero-order chi connectivity index (χ0) is 10.8. The fraction of sp³-hybridized carbons (Fsp3) is 0.250. The number of anilines is 1. The Morgan fingerprint density at radius 3 is 2.47 bits per heavy atom. The number of rotatable bonds is 2. The van der Waals surface area contributed by atoms with Crippen LogP contribution >= 0.6 is 0 Å². The molecule has 2 rings (SSSR count). The van der Waals surface area contributed by atoms with Crippen molar-refractivity contribution in [3.8, 4) is 0 Å². The Bertz CT molecular complexity index is 457. The molecule has 0 atom stereocenters. The molecule has 3 nitrogen and oxygen atoms in total. The van der Waals surface area contributed by atoms with Crippen molar-refractivity contribution in [1.82, 2.24) is 9.55 Å². The number of nitrogens with two attached hydrogens (primary N) is 1. The summed E-state index contributed by atoms with van der Waals surface area (Å²) in [7, 11) is 1.94. The van der Waals surface area contributed by atoms with Gasteiger partial charge in [0.1, 0.15) is 0 Å². The summed E-state index contributed by atoms with van der Waals surface area (Å²) in [6, 6.07) is 10.3. The van der Waals surface area contributed by atoms with E-state index in [2.05, 4.69) is 17.1 Å². The van der Waals surface area contributed by atoms with Crippen LogP contribution in [0.1, 0.15) is 17.0 Å². The van der Waals surface area contributed by atoms with Crippen molar-refractivity contribution in [2.45, 2.75) is 13.3 Å². The highest BCUT2D eigenvalue weighted by atomic mass is 15.1. The van der Waals surface area contributed by atoms with E-state index in [4.69, 9.17) is 5.73 Å². The number of hydrogen-bond donors (Lipinski definition) is 1. The SMILES string of the molecule is Cc1c(Cc2ccccc2)nc(N)n1C. The minimum absolute atomic E-state index is 0.582. The lowest BCUT2D eigenvalue weighted by Gasteiger charge is -2.00. The van der Waals surface area contributed by atoms with E-state index >= 15 is 0 Å². The molecule has 2 N–H and O–H groups in total. The predicted octanol–water partition coefficient (Wildman–Crippen LogP) is 1.90. The minimum Gasteiger partial charge on any atom is -0.369 e. The highest BCUT2D eigenvalue weighted by molar-refractivity contribution is 5.32. The lowest BCUT2D eigenvalue weighted by atomic mass is 10.1. The van der Waals surface area contributed by atoms with Crippen LogP contribution in [0.3, 0.4) is 0 Å². The smallest absolute Gasteiger partial charge is 0.200 e. The van der Waals surface area contributed by atoms with E-state index in [1.807, 2.05) is 36.7 Å². The standard InChI is InChI=1S/C12H15N3/c1-9-11(14-12(13)15(9)2)8-10-6-4-3-5-7-10/h3-7H,8H2,1-2H3,(H2,13,14). The molecule has 0 spiro atoms. The predicted molar refractivity (Wildman–Crippen MR) is 61.6 cm³/mol. The molecule has 0 aliphatic carbocycles. The van der Waals surface area contributed by atoms with Gasteiger partial charge in [-0.2, -0.15) is 0 Å². The third-order valence-electron chi connectivity index (χ3n) is 2.73. The molecule has 15 heavy (non-hydrogen) atoms. The molecule has 0 radical (unpaired) electrons. The molecule has 0 aliphatic rings. The molecule has 0 aliphatic heterocycles. The molecule has 1 heterocycles. The molecule has 0 saturated heterocycles. The quantitative estimate of drug-likeness (QED) is 0.806. The lowest BCUT2D eigenvalue weighted by molar-refractivity contribution is 0.882. The Kier molecular flexibility index (Phi) is 2.46. The first-order valence-corrected chi connectivity index (χ1v) is 5.00. The summed E-state index contributed by atoms with van der Waals surface area (Å²) in [6.07, 6.45) is 0.845. The third kappa shape index (κ3) is 1.86. The van der Waals surface area contributed by atoms with Crippen LogP contribution in [0.15, 0.2) is 30.3 Å². The van der Waals surface area contributed by atoms with Crippen molar-refractivity contribution in [2.24, 2.45) is 7.05 Å². The van der Waals surface area contributed by atoms with E-state index in [-0.39, 0.29) is 0 Å². The van der Waals surface area contributed by atoms with Gasteiger partial charge in [0.2, 0.25) is 0 Å². The minimum atomic E-state index is 0.582. The molecule has 1 aromatic carbocycles. The van der Waals surface area contributed by atoms with Crippen molar-refractivity contribution < 1.29 is 0 Å². The van der Waals surface area contributed by atoms with Crippen molar-refractivity contribution in [3.05, 3.63) is 47.3 Å². The average molecular weight is 201 g/mol. The Balaban J connectivity index is 2.29. The van der Waals surface area contributed by atoms with Gasteiger partial charge in [-0.1, -0.05) is 30.3 Å². The summed E-state index contributed by atoms with van der Waals surface area (Å²) in [5.74, 6) is 0.582. The largest absolute Gasteiger partial charge is 0.369 e. The molecular formula is C12H15N3. The maximum atomic E-state index is 5.75. The van der Waals surface area contributed by atoms with Crippen LogP contribution in [0.4, 0.5) is 5.95 Å². The monoisotopic (exact) mass is 201 g/mol. The molecule has 0 unspecified atom stereocenters. The van der Waals surface area contributed by atoms with Gasteiger partial charge >= 0.3 is 0 Å². The first-order valence-electron chi connectivity index (χ1n) is 5.00. The molecule has 3 heteroatoms. The Labute approximate surface area is 89.6 Å². The van der Waals surface area contributed by atoms with Crippen LogP contribution in [0.25, 0.3) is 0 Å². The zero-order valence-corrected chi connectivity index (χ0v) is 9.07. The first kappa shape index (κ1) is 9.77. The van der Waals surface area contributed by atoms with E-state index in [9.17, 15) is 0 Å². The number of benzene rings is 1. The zero-order valence-electron chi connectivity index (χ0n) is 9.07. The Hall–Kier alpha value is -1.77. The number of nitrogen functional groups attached to an aromatic ring is 1. The van der Waals surface area contributed by atoms with Crippen LogP contribution in [-0.4, -0.2) is 9.55 Å². The maximum Gasteiger partial charge on any atom is 0.200 e. The molecule has 0 fully saturated rings. The van der Waals surface area contributed by atoms with Crippen LogP contribution in [0.2, 0.25) is 0 Å². The van der Waals surface area contributed by atoms with Gasteiger partial charge in [-0.15, -0.1) is 0 Å². The third-order valence-corrected chi connectivity index (χ3v) is 2.73. The van der Waals surface area contributed by atoms with Gasteiger partial charge in [0.25, 0.3) is 0 Å². The molecule has 0 bridgehead atoms. The average Bonchev–Trinajstić information content (AvgIpc) is 2.48. The Morgan fingerprint density at radius 2 is 1.93 bits per heavy atom. The molecule has 0 amide bonds. The van der Waals surface area contributed by atoms with Gasteiger partial charge in [0, 0.05) is 19.2 Å². The molecule has 0 saturated carbocycles. The molecule has 78 valence electrons. The van der Waals surface area contributed by atoms with Crippen molar-refractivity contribution >= 4 is 5.95 Å². The number of nitrogens with zero attached hydrogens (tertiary/aromatic N) is 2. The van der Waals surface area contributed by atoms with Gasteiger partial charge in [-0.05, 0) is 12.5 Å². The van der Waals surface area contributed by atoms with E-state index in [1.54, 1.807) is 0 Å². The van der Waals surface area contributed by atoms with E-state index in [0.717, 1.165) is 17.8 Å². The van der Waals surface area contributed by atoms with Crippen LogP contribution < -0.4 is 5.73 Å². The van der Waals surface area contributed by atoms with Gasteiger partial charge in [-0.3, -0.25) is 0 Å². The summed E-state index contributed by atoms with van der Waals surface area (Å²) in [4.78, 5) is 4.35. The summed E-state index contributed by atoms with van der Waals surface area (Å²) in [6.45, 7) is 2.04. The maximum absolute atomic E-state index is 5.75. The van der Waals surface area contributed by atoms with Gasteiger partial charge < -0.3 is 10.3 Å².